The van der Waals surface area contributed by atoms with Crippen molar-refractivity contribution in [1.29, 1.82) is 0 Å². The SMILES string of the molecule is CN1CCNCC1.O=C(O)c1cn2c3c(c(N4CCCC4)c(F)cc3c1=O)OCC2. The van der Waals surface area contributed by atoms with Crippen LogP contribution in [0, 0.1) is 5.82 Å². The molecule has 0 radical (unpaired) electrons. The molecule has 162 valence electrons. The lowest BCUT2D eigenvalue weighted by atomic mass is 10.1. The number of hydrogen-bond acceptors (Lipinski definition) is 6. The number of hydrogen-bond donors (Lipinski definition) is 2. The van der Waals surface area contributed by atoms with Crippen molar-refractivity contribution in [2.24, 2.45) is 0 Å². The van der Waals surface area contributed by atoms with Crippen LogP contribution in [0.25, 0.3) is 10.9 Å². The van der Waals surface area contributed by atoms with Crippen LogP contribution in [0.5, 0.6) is 5.75 Å². The van der Waals surface area contributed by atoms with E-state index in [4.69, 9.17) is 4.74 Å². The predicted octanol–water partition coefficient (Wildman–Crippen LogP) is 1.35. The molecule has 9 heteroatoms. The maximum atomic E-state index is 14.7. The molecule has 0 aliphatic carbocycles. The van der Waals surface area contributed by atoms with E-state index in [-0.39, 0.29) is 10.9 Å². The summed E-state index contributed by atoms with van der Waals surface area (Å²) in [6.45, 7) is 6.98. The van der Waals surface area contributed by atoms with E-state index in [1.807, 2.05) is 4.90 Å². The molecule has 0 bridgehead atoms. The van der Waals surface area contributed by atoms with Gasteiger partial charge in [-0.05, 0) is 26.0 Å². The quantitative estimate of drug-likeness (QED) is 0.761. The summed E-state index contributed by atoms with van der Waals surface area (Å²) in [5.41, 5.74) is -0.165. The van der Waals surface area contributed by atoms with Crippen LogP contribution in [0.1, 0.15) is 23.2 Å². The molecule has 2 aromatic rings. The summed E-state index contributed by atoms with van der Waals surface area (Å²) < 4.78 is 22.0. The van der Waals surface area contributed by atoms with Crippen LogP contribution in [0.4, 0.5) is 10.1 Å². The average Bonchev–Trinajstić information content (AvgIpc) is 3.25. The Kier molecular flexibility index (Phi) is 5.92. The summed E-state index contributed by atoms with van der Waals surface area (Å²) in [7, 11) is 2.15. The van der Waals surface area contributed by atoms with E-state index in [0.29, 0.717) is 30.1 Å². The lowest BCUT2D eigenvalue weighted by Crippen LogP contribution is -2.40. The van der Waals surface area contributed by atoms with Gasteiger partial charge in [-0.3, -0.25) is 4.79 Å². The van der Waals surface area contributed by atoms with Gasteiger partial charge in [0.15, 0.2) is 11.6 Å². The van der Waals surface area contributed by atoms with E-state index in [2.05, 4.69) is 17.3 Å². The fourth-order valence-corrected chi connectivity index (χ4v) is 4.21. The Bertz CT molecular complexity index is 1010. The first-order valence-electron chi connectivity index (χ1n) is 10.4. The number of benzene rings is 1. The molecule has 2 fully saturated rings. The standard InChI is InChI=1S/C16H15FN2O4.C5H12N2/c17-11-7-9-12-15(13(11)18-3-1-2-4-18)23-6-5-19(12)8-10(14(9)20)16(21)22;1-7-4-2-6-3-5-7/h7-8H,1-6H2,(H,21,22);6H,2-5H2,1H3. The van der Waals surface area contributed by atoms with Crippen LogP contribution < -0.4 is 20.4 Å². The van der Waals surface area contributed by atoms with Gasteiger partial charge < -0.3 is 29.5 Å². The summed E-state index contributed by atoms with van der Waals surface area (Å²) in [4.78, 5) is 27.9. The third kappa shape index (κ3) is 3.87. The average molecular weight is 418 g/mol. The molecule has 1 aromatic carbocycles. The number of aromatic carboxylic acids is 1. The Balaban J connectivity index is 0.000000265. The Hall–Kier alpha value is -2.65. The molecule has 0 unspecified atom stereocenters. The maximum Gasteiger partial charge on any atom is 0.341 e. The molecule has 2 saturated heterocycles. The van der Waals surface area contributed by atoms with E-state index >= 15 is 0 Å². The molecule has 3 aliphatic rings. The minimum absolute atomic E-state index is 0.0556. The molecule has 0 atom stereocenters. The summed E-state index contributed by atoms with van der Waals surface area (Å²) in [6.07, 6.45) is 3.30. The number of nitrogens with zero attached hydrogens (tertiary/aromatic N) is 3. The van der Waals surface area contributed by atoms with Gasteiger partial charge in [0.2, 0.25) is 5.43 Å². The first-order valence-corrected chi connectivity index (χ1v) is 10.4. The number of nitrogens with one attached hydrogen (secondary N) is 1. The van der Waals surface area contributed by atoms with Crippen molar-refractivity contribution >= 4 is 22.6 Å². The number of carboxylic acids is 1. The molecule has 0 amide bonds. The first kappa shape index (κ1) is 20.6. The van der Waals surface area contributed by atoms with Crippen molar-refractivity contribution < 1.29 is 19.0 Å². The number of pyridine rings is 1. The zero-order valence-corrected chi connectivity index (χ0v) is 17.1. The molecule has 30 heavy (non-hydrogen) atoms. The highest BCUT2D eigenvalue weighted by atomic mass is 19.1. The molecule has 1 aromatic heterocycles. The number of aromatic nitrogens is 1. The fraction of sp³-hybridized carbons (Fsp3) is 0.524. The van der Waals surface area contributed by atoms with Crippen LogP contribution in [0.2, 0.25) is 0 Å². The van der Waals surface area contributed by atoms with Crippen molar-refractivity contribution in [2.45, 2.75) is 19.4 Å². The highest BCUT2D eigenvalue weighted by Gasteiger charge is 2.28. The monoisotopic (exact) mass is 418 g/mol. The summed E-state index contributed by atoms with van der Waals surface area (Å²) >= 11 is 0. The number of piperazine rings is 1. The third-order valence-corrected chi connectivity index (χ3v) is 5.82. The van der Waals surface area contributed by atoms with E-state index in [0.717, 1.165) is 45.1 Å². The first-order chi connectivity index (χ1) is 14.5. The number of ether oxygens (including phenoxy) is 1. The van der Waals surface area contributed by atoms with Crippen molar-refractivity contribution in [3.05, 3.63) is 33.9 Å². The van der Waals surface area contributed by atoms with E-state index in [1.165, 1.54) is 19.3 Å². The van der Waals surface area contributed by atoms with Gasteiger partial charge in [0, 0.05) is 45.5 Å². The van der Waals surface area contributed by atoms with E-state index < -0.39 is 17.2 Å². The zero-order chi connectivity index (χ0) is 21.3. The topological polar surface area (TPSA) is 87.0 Å². The second-order valence-electron chi connectivity index (χ2n) is 7.90. The number of carboxylic acid groups (broad SMARTS) is 1. The highest BCUT2D eigenvalue weighted by molar-refractivity contribution is 5.97. The maximum absolute atomic E-state index is 14.7. The van der Waals surface area contributed by atoms with Gasteiger partial charge in [-0.25, -0.2) is 9.18 Å². The minimum atomic E-state index is -1.31. The van der Waals surface area contributed by atoms with E-state index in [1.54, 1.807) is 4.57 Å². The normalized spacial score (nSPS) is 18.7. The Labute approximate surface area is 173 Å². The van der Waals surface area contributed by atoms with Crippen molar-refractivity contribution in [3.63, 3.8) is 0 Å². The largest absolute Gasteiger partial charge is 0.487 e. The van der Waals surface area contributed by atoms with Crippen LogP contribution in [-0.4, -0.2) is 73.5 Å². The van der Waals surface area contributed by atoms with E-state index in [9.17, 15) is 19.1 Å². The second-order valence-corrected chi connectivity index (χ2v) is 7.90. The minimum Gasteiger partial charge on any atom is -0.487 e. The molecule has 8 nitrogen and oxygen atoms in total. The Morgan fingerprint density at radius 3 is 2.47 bits per heavy atom. The molecular formula is C21H27FN4O4. The number of likely N-dealkylation sites (N-methyl/N-ethyl adjacent to an activating group) is 1. The summed E-state index contributed by atoms with van der Waals surface area (Å²) in [6, 6.07) is 1.15. The van der Waals surface area contributed by atoms with Gasteiger partial charge in [-0.1, -0.05) is 0 Å². The Morgan fingerprint density at radius 1 is 1.17 bits per heavy atom. The summed E-state index contributed by atoms with van der Waals surface area (Å²) in [5.74, 6) is -1.50. The lowest BCUT2D eigenvalue weighted by Gasteiger charge is -2.27. The summed E-state index contributed by atoms with van der Waals surface area (Å²) in [5, 5.41) is 12.5. The van der Waals surface area contributed by atoms with Gasteiger partial charge >= 0.3 is 5.97 Å². The number of halogens is 1. The van der Waals surface area contributed by atoms with Gasteiger partial charge in [0.1, 0.15) is 17.9 Å². The van der Waals surface area contributed by atoms with Gasteiger partial charge in [-0.15, -0.1) is 0 Å². The van der Waals surface area contributed by atoms with Crippen molar-refractivity contribution in [3.8, 4) is 5.75 Å². The molecule has 5 rings (SSSR count). The van der Waals surface area contributed by atoms with Crippen LogP contribution in [-0.2, 0) is 6.54 Å². The van der Waals surface area contributed by atoms with Crippen LogP contribution in [0.15, 0.2) is 17.1 Å². The lowest BCUT2D eigenvalue weighted by molar-refractivity contribution is 0.0694. The van der Waals surface area contributed by atoms with Crippen LogP contribution in [0.3, 0.4) is 0 Å². The number of carbonyl (C=O) groups is 1. The third-order valence-electron chi connectivity index (χ3n) is 5.82. The van der Waals surface area contributed by atoms with Gasteiger partial charge in [0.05, 0.1) is 17.4 Å². The van der Waals surface area contributed by atoms with Gasteiger partial charge in [-0.2, -0.15) is 0 Å². The van der Waals surface area contributed by atoms with Gasteiger partial charge in [0.25, 0.3) is 0 Å². The fourth-order valence-electron chi connectivity index (χ4n) is 4.21. The highest BCUT2D eigenvalue weighted by Crippen LogP contribution is 2.40. The van der Waals surface area contributed by atoms with Crippen LogP contribution >= 0.6 is 0 Å². The Morgan fingerprint density at radius 2 is 1.87 bits per heavy atom. The molecule has 4 heterocycles. The second kappa shape index (κ2) is 8.61. The zero-order valence-electron chi connectivity index (χ0n) is 17.1. The molecular weight excluding hydrogens is 391 g/mol. The number of anilines is 1. The number of rotatable bonds is 2. The van der Waals surface area contributed by atoms with Crippen molar-refractivity contribution in [1.82, 2.24) is 14.8 Å². The molecule has 2 N–H and O–H groups in total. The molecule has 3 aliphatic heterocycles. The smallest absolute Gasteiger partial charge is 0.341 e. The molecule has 0 saturated carbocycles. The molecule has 0 spiro atoms. The predicted molar refractivity (Wildman–Crippen MR) is 112 cm³/mol. The van der Waals surface area contributed by atoms with Crippen molar-refractivity contribution in [2.75, 3.05) is 57.8 Å².